The maximum absolute atomic E-state index is 13.4. The summed E-state index contributed by atoms with van der Waals surface area (Å²) in [6, 6.07) is 17.7. The van der Waals surface area contributed by atoms with Gasteiger partial charge in [-0.3, -0.25) is 0 Å². The van der Waals surface area contributed by atoms with E-state index in [2.05, 4.69) is 19.2 Å². The predicted molar refractivity (Wildman–Crippen MR) is 149 cm³/mol. The molecule has 2 N–H and O–H groups in total. The molecule has 0 aromatic heterocycles. The van der Waals surface area contributed by atoms with Crippen molar-refractivity contribution in [1.82, 2.24) is 4.90 Å². The lowest BCUT2D eigenvalue weighted by Gasteiger charge is -2.39. The Morgan fingerprint density at radius 2 is 1.41 bits per heavy atom. The van der Waals surface area contributed by atoms with E-state index >= 15 is 0 Å². The summed E-state index contributed by atoms with van der Waals surface area (Å²) >= 11 is 0. The van der Waals surface area contributed by atoms with Crippen LogP contribution >= 0.6 is 0 Å². The second-order valence-corrected chi connectivity index (χ2v) is 10.1. The number of aliphatic hydroxyl groups is 1. The third-order valence-electron chi connectivity index (χ3n) is 7.28. The first-order chi connectivity index (χ1) is 18.8. The number of carbonyl (C=O) groups is 1. The molecule has 0 unspecified atom stereocenters. The highest BCUT2D eigenvalue weighted by atomic mass is 19.1. The van der Waals surface area contributed by atoms with Crippen molar-refractivity contribution in [3.05, 3.63) is 72.5 Å². The van der Waals surface area contributed by atoms with E-state index in [-0.39, 0.29) is 11.8 Å². The quantitative estimate of drug-likeness (QED) is 0.279. The van der Waals surface area contributed by atoms with Crippen LogP contribution in [0.25, 0.3) is 0 Å². The molecule has 8 heteroatoms. The average molecular weight is 537 g/mol. The molecule has 2 amide bonds. The number of methoxy groups -OCH3 is 1. The van der Waals surface area contributed by atoms with Crippen LogP contribution in [0.2, 0.25) is 0 Å². The molecule has 0 atom stereocenters. The number of nitrogens with one attached hydrogen (secondary N) is 1. The number of urea groups is 1. The summed E-state index contributed by atoms with van der Waals surface area (Å²) in [4.78, 5) is 14.9. The molecular weight excluding hydrogens is 499 g/mol. The average Bonchev–Trinajstić information content (AvgIpc) is 2.93. The number of benzene rings is 3. The van der Waals surface area contributed by atoms with Crippen molar-refractivity contribution in [2.75, 3.05) is 25.5 Å². The number of likely N-dealkylation sites (tertiary alicyclic amines) is 1. The largest absolute Gasteiger partial charge is 0.497 e. The zero-order chi connectivity index (χ0) is 27.8. The lowest BCUT2D eigenvalue weighted by Crippen LogP contribution is -2.48. The number of hydrogen-bond donors (Lipinski definition) is 2. The van der Waals surface area contributed by atoms with Gasteiger partial charge in [-0.2, -0.15) is 0 Å². The summed E-state index contributed by atoms with van der Waals surface area (Å²) < 4.78 is 30.5. The van der Waals surface area contributed by atoms with Crippen LogP contribution in [-0.4, -0.2) is 41.8 Å². The fourth-order valence-electron chi connectivity index (χ4n) is 4.83. The maximum Gasteiger partial charge on any atom is 0.321 e. The topological polar surface area (TPSA) is 80.3 Å². The Labute approximate surface area is 229 Å². The smallest absolute Gasteiger partial charge is 0.321 e. The molecule has 39 heavy (non-hydrogen) atoms. The number of amides is 2. The van der Waals surface area contributed by atoms with Crippen molar-refractivity contribution in [2.24, 2.45) is 5.92 Å². The zero-order valence-corrected chi connectivity index (χ0v) is 22.8. The molecule has 0 saturated carbocycles. The molecule has 7 nitrogen and oxygen atoms in total. The molecule has 0 radical (unpaired) electrons. The second kappa shape index (κ2) is 12.8. The van der Waals surface area contributed by atoms with E-state index in [4.69, 9.17) is 14.2 Å². The van der Waals surface area contributed by atoms with E-state index in [1.54, 1.807) is 54.5 Å². The van der Waals surface area contributed by atoms with Crippen molar-refractivity contribution in [2.45, 2.75) is 51.6 Å². The summed E-state index contributed by atoms with van der Waals surface area (Å²) in [7, 11) is 1.59. The Morgan fingerprint density at radius 1 is 0.897 bits per heavy atom. The minimum atomic E-state index is -0.726. The van der Waals surface area contributed by atoms with Gasteiger partial charge in [-0.05, 0) is 73.7 Å². The van der Waals surface area contributed by atoms with Gasteiger partial charge in [0.15, 0.2) is 0 Å². The first-order valence-corrected chi connectivity index (χ1v) is 13.5. The summed E-state index contributed by atoms with van der Waals surface area (Å²) in [6.45, 7) is 5.26. The summed E-state index contributed by atoms with van der Waals surface area (Å²) in [6.07, 6.45) is 3.96. The van der Waals surface area contributed by atoms with Crippen molar-refractivity contribution in [3.8, 4) is 28.7 Å². The van der Waals surface area contributed by atoms with Gasteiger partial charge in [0.2, 0.25) is 0 Å². The van der Waals surface area contributed by atoms with Gasteiger partial charge in [0.05, 0.1) is 12.7 Å². The Hall–Kier alpha value is -3.78. The monoisotopic (exact) mass is 536 g/mol. The fourth-order valence-corrected chi connectivity index (χ4v) is 4.83. The molecule has 0 bridgehead atoms. The van der Waals surface area contributed by atoms with E-state index in [0.717, 1.165) is 19.3 Å². The molecule has 1 aliphatic rings. The van der Waals surface area contributed by atoms with Gasteiger partial charge in [-0.1, -0.05) is 26.7 Å². The Morgan fingerprint density at radius 3 is 1.92 bits per heavy atom. The van der Waals surface area contributed by atoms with Gasteiger partial charge in [0.1, 0.15) is 34.6 Å². The molecule has 0 aliphatic carbocycles. The molecular formula is C31H37FN2O5. The minimum Gasteiger partial charge on any atom is -0.497 e. The van der Waals surface area contributed by atoms with E-state index in [0.29, 0.717) is 66.3 Å². The number of rotatable bonds is 10. The summed E-state index contributed by atoms with van der Waals surface area (Å²) in [5.74, 6) is 2.73. The van der Waals surface area contributed by atoms with Crippen molar-refractivity contribution in [1.29, 1.82) is 0 Å². The lowest BCUT2D eigenvalue weighted by molar-refractivity contribution is -0.0309. The minimum absolute atomic E-state index is 0.256. The zero-order valence-electron chi connectivity index (χ0n) is 22.8. The normalized spacial score (nSPS) is 14.7. The highest BCUT2D eigenvalue weighted by Gasteiger charge is 2.35. The number of carbonyl (C=O) groups excluding carboxylic acids is 1. The van der Waals surface area contributed by atoms with Crippen molar-refractivity contribution < 1.29 is 28.5 Å². The van der Waals surface area contributed by atoms with Gasteiger partial charge in [-0.25, -0.2) is 9.18 Å². The highest BCUT2D eigenvalue weighted by Crippen LogP contribution is 2.34. The van der Waals surface area contributed by atoms with Gasteiger partial charge in [-0.15, -0.1) is 0 Å². The summed E-state index contributed by atoms with van der Waals surface area (Å²) in [5, 5.41) is 14.0. The van der Waals surface area contributed by atoms with Crippen molar-refractivity contribution >= 4 is 11.7 Å². The van der Waals surface area contributed by atoms with Crippen LogP contribution in [0.5, 0.6) is 28.7 Å². The van der Waals surface area contributed by atoms with Gasteiger partial charge < -0.3 is 29.5 Å². The molecule has 1 saturated heterocycles. The second-order valence-electron chi connectivity index (χ2n) is 10.1. The van der Waals surface area contributed by atoms with Crippen LogP contribution < -0.4 is 19.5 Å². The molecule has 208 valence electrons. The first kappa shape index (κ1) is 28.2. The number of nitrogens with zero attached hydrogens (tertiary/aromatic N) is 1. The number of piperidine rings is 1. The Bertz CT molecular complexity index is 1220. The first-order valence-electron chi connectivity index (χ1n) is 13.5. The van der Waals surface area contributed by atoms with Crippen LogP contribution in [0.1, 0.15) is 46.0 Å². The standard InChI is InChI=1S/C31H37FN2O5/c1-4-22(5-2)21-31(36)14-16-34(17-15-31)30(35)33-24-18-28(38-26-8-6-23(32)7-9-26)20-29(19-24)39-27-12-10-25(37-3)11-13-27/h6-13,18-20,22,36H,4-5,14-17,21H2,1-3H3,(H,33,35). The molecule has 1 fully saturated rings. The number of ether oxygens (including phenoxy) is 3. The number of halogens is 1. The van der Waals surface area contributed by atoms with Gasteiger partial charge in [0, 0.05) is 37.0 Å². The molecule has 0 spiro atoms. The Kier molecular flexibility index (Phi) is 9.30. The third kappa shape index (κ3) is 7.86. The fraction of sp³-hybridized carbons (Fsp3) is 0.387. The van der Waals surface area contributed by atoms with Gasteiger partial charge >= 0.3 is 6.03 Å². The Balaban J connectivity index is 1.48. The number of anilines is 1. The summed E-state index contributed by atoms with van der Waals surface area (Å²) in [5.41, 5.74) is -0.239. The van der Waals surface area contributed by atoms with Crippen LogP contribution in [0.4, 0.5) is 14.9 Å². The van der Waals surface area contributed by atoms with Gasteiger partial charge in [0.25, 0.3) is 0 Å². The van der Waals surface area contributed by atoms with Crippen LogP contribution in [0.15, 0.2) is 66.7 Å². The number of hydrogen-bond acceptors (Lipinski definition) is 5. The predicted octanol–water partition coefficient (Wildman–Crippen LogP) is 7.60. The van der Waals surface area contributed by atoms with Crippen LogP contribution in [-0.2, 0) is 0 Å². The third-order valence-corrected chi connectivity index (χ3v) is 7.28. The maximum atomic E-state index is 13.4. The van der Waals surface area contributed by atoms with E-state index < -0.39 is 5.60 Å². The molecule has 3 aromatic rings. The van der Waals surface area contributed by atoms with Crippen LogP contribution in [0.3, 0.4) is 0 Å². The SMILES string of the molecule is CCC(CC)CC1(O)CCN(C(=O)Nc2cc(Oc3ccc(F)cc3)cc(Oc3ccc(OC)cc3)c2)CC1. The highest BCUT2D eigenvalue weighted by molar-refractivity contribution is 5.90. The van der Waals surface area contributed by atoms with Crippen LogP contribution in [0, 0.1) is 11.7 Å². The van der Waals surface area contributed by atoms with Crippen molar-refractivity contribution in [3.63, 3.8) is 0 Å². The van der Waals surface area contributed by atoms with E-state index in [9.17, 15) is 14.3 Å². The molecule has 1 aliphatic heterocycles. The molecule has 1 heterocycles. The molecule has 4 rings (SSSR count). The van der Waals surface area contributed by atoms with E-state index in [1.165, 1.54) is 24.3 Å². The lowest BCUT2D eigenvalue weighted by atomic mass is 9.81. The molecule has 3 aromatic carbocycles. The van der Waals surface area contributed by atoms with E-state index in [1.807, 2.05) is 0 Å².